The lowest BCUT2D eigenvalue weighted by Crippen LogP contribution is -2.37. The second-order valence-electron chi connectivity index (χ2n) is 3.03. The van der Waals surface area contributed by atoms with Crippen molar-refractivity contribution in [1.82, 2.24) is 4.90 Å². The standard InChI is InChI=1S/C8H11NO3/c1-6(11)9(8(12)5-10)4-7-2-3-7/h5,7H,2-4H2,1H3. The molecule has 0 aromatic heterocycles. The van der Waals surface area contributed by atoms with E-state index in [4.69, 9.17) is 0 Å². The number of rotatable bonds is 3. The van der Waals surface area contributed by atoms with Crippen molar-refractivity contribution in [2.24, 2.45) is 5.92 Å². The molecule has 0 atom stereocenters. The summed E-state index contributed by atoms with van der Waals surface area (Å²) in [7, 11) is 0. The van der Waals surface area contributed by atoms with E-state index in [-0.39, 0.29) is 12.2 Å². The third kappa shape index (κ3) is 2.15. The molecule has 0 spiro atoms. The Labute approximate surface area is 70.5 Å². The Morgan fingerprint density at radius 1 is 1.50 bits per heavy atom. The minimum absolute atomic E-state index is 0.184. The lowest BCUT2D eigenvalue weighted by molar-refractivity contribution is -0.147. The van der Waals surface area contributed by atoms with Crippen LogP contribution in [0.3, 0.4) is 0 Å². The average Bonchev–Trinajstić information content (AvgIpc) is 2.81. The van der Waals surface area contributed by atoms with Gasteiger partial charge in [-0.25, -0.2) is 0 Å². The molecule has 0 unspecified atom stereocenters. The molecular weight excluding hydrogens is 158 g/mol. The third-order valence-corrected chi connectivity index (χ3v) is 1.88. The second kappa shape index (κ2) is 3.47. The largest absolute Gasteiger partial charge is 0.293 e. The lowest BCUT2D eigenvalue weighted by Gasteiger charge is -2.14. The topological polar surface area (TPSA) is 54.5 Å². The van der Waals surface area contributed by atoms with Gasteiger partial charge in [0.2, 0.25) is 12.2 Å². The number of carbonyl (C=O) groups is 3. The number of amides is 2. The van der Waals surface area contributed by atoms with E-state index in [9.17, 15) is 14.4 Å². The molecule has 1 saturated carbocycles. The zero-order valence-corrected chi connectivity index (χ0v) is 6.95. The van der Waals surface area contributed by atoms with Crippen LogP contribution in [0.15, 0.2) is 0 Å². The van der Waals surface area contributed by atoms with Crippen molar-refractivity contribution in [3.05, 3.63) is 0 Å². The fourth-order valence-corrected chi connectivity index (χ4v) is 0.996. The van der Waals surface area contributed by atoms with Gasteiger partial charge in [0.25, 0.3) is 5.91 Å². The predicted molar refractivity (Wildman–Crippen MR) is 41.2 cm³/mol. The summed E-state index contributed by atoms with van der Waals surface area (Å²) in [6, 6.07) is 0. The molecule has 0 radical (unpaired) electrons. The summed E-state index contributed by atoms with van der Waals surface area (Å²) in [4.78, 5) is 32.8. The first-order chi connectivity index (χ1) is 5.65. The van der Waals surface area contributed by atoms with E-state index in [0.717, 1.165) is 17.7 Å². The minimum Gasteiger partial charge on any atom is -0.292 e. The van der Waals surface area contributed by atoms with Crippen molar-refractivity contribution in [2.75, 3.05) is 6.54 Å². The summed E-state index contributed by atoms with van der Waals surface area (Å²) in [6.45, 7) is 1.71. The predicted octanol–water partition coefficient (Wildman–Crippen LogP) is -0.0296. The van der Waals surface area contributed by atoms with Crippen molar-refractivity contribution in [3.63, 3.8) is 0 Å². The summed E-state index contributed by atoms with van der Waals surface area (Å²) < 4.78 is 0. The van der Waals surface area contributed by atoms with Gasteiger partial charge in [-0.1, -0.05) is 0 Å². The molecule has 4 nitrogen and oxygen atoms in total. The van der Waals surface area contributed by atoms with Gasteiger partial charge in [0, 0.05) is 13.5 Å². The number of imide groups is 1. The molecule has 1 rings (SSSR count). The Morgan fingerprint density at radius 2 is 2.08 bits per heavy atom. The molecule has 1 aliphatic rings. The highest BCUT2D eigenvalue weighted by atomic mass is 16.2. The van der Waals surface area contributed by atoms with Crippen LogP contribution in [0.4, 0.5) is 0 Å². The van der Waals surface area contributed by atoms with Crippen LogP contribution in [0.25, 0.3) is 0 Å². The maximum absolute atomic E-state index is 10.9. The third-order valence-electron chi connectivity index (χ3n) is 1.88. The lowest BCUT2D eigenvalue weighted by atomic mass is 10.3. The molecule has 0 saturated heterocycles. The van der Waals surface area contributed by atoms with Crippen LogP contribution in [-0.4, -0.2) is 29.5 Å². The zero-order valence-electron chi connectivity index (χ0n) is 6.95. The monoisotopic (exact) mass is 169 g/mol. The molecule has 0 heterocycles. The quantitative estimate of drug-likeness (QED) is 0.440. The molecule has 12 heavy (non-hydrogen) atoms. The van der Waals surface area contributed by atoms with Crippen LogP contribution in [0.2, 0.25) is 0 Å². The number of carbonyl (C=O) groups excluding carboxylic acids is 3. The number of aldehydes is 1. The van der Waals surface area contributed by atoms with Crippen LogP contribution < -0.4 is 0 Å². The molecular formula is C8H11NO3. The van der Waals surface area contributed by atoms with Gasteiger partial charge in [-0.15, -0.1) is 0 Å². The fraction of sp³-hybridized carbons (Fsp3) is 0.625. The molecule has 2 amide bonds. The van der Waals surface area contributed by atoms with E-state index in [1.807, 2.05) is 0 Å². The van der Waals surface area contributed by atoms with Gasteiger partial charge in [-0.2, -0.15) is 0 Å². The average molecular weight is 169 g/mol. The molecule has 1 fully saturated rings. The molecule has 4 heteroatoms. The van der Waals surface area contributed by atoms with Crippen molar-refractivity contribution in [2.45, 2.75) is 19.8 Å². The van der Waals surface area contributed by atoms with Gasteiger partial charge < -0.3 is 0 Å². The van der Waals surface area contributed by atoms with E-state index >= 15 is 0 Å². The highest BCUT2D eigenvalue weighted by Crippen LogP contribution is 2.29. The van der Waals surface area contributed by atoms with Crippen LogP contribution in [0.5, 0.6) is 0 Å². The van der Waals surface area contributed by atoms with Crippen molar-refractivity contribution in [3.8, 4) is 0 Å². The molecule has 66 valence electrons. The summed E-state index contributed by atoms with van der Waals surface area (Å²) in [5.41, 5.74) is 0. The number of hydrogen-bond donors (Lipinski definition) is 0. The van der Waals surface area contributed by atoms with E-state index in [2.05, 4.69) is 0 Å². The summed E-state index contributed by atoms with van der Waals surface area (Å²) >= 11 is 0. The van der Waals surface area contributed by atoms with Crippen LogP contribution >= 0.6 is 0 Å². The highest BCUT2D eigenvalue weighted by Gasteiger charge is 2.28. The summed E-state index contributed by atoms with van der Waals surface area (Å²) in [6.07, 6.45) is 2.29. The molecule has 0 aromatic carbocycles. The smallest absolute Gasteiger partial charge is 0.292 e. The van der Waals surface area contributed by atoms with E-state index in [0.29, 0.717) is 12.5 Å². The van der Waals surface area contributed by atoms with E-state index in [1.54, 1.807) is 0 Å². The Kier molecular flexibility index (Phi) is 2.58. The highest BCUT2D eigenvalue weighted by molar-refractivity contribution is 6.27. The Balaban J connectivity index is 2.52. The van der Waals surface area contributed by atoms with Gasteiger partial charge in [-0.05, 0) is 18.8 Å². The molecule has 1 aliphatic carbocycles. The van der Waals surface area contributed by atoms with Crippen LogP contribution in [0.1, 0.15) is 19.8 Å². The van der Waals surface area contributed by atoms with Gasteiger partial charge in [0.15, 0.2) is 0 Å². The van der Waals surface area contributed by atoms with E-state index < -0.39 is 5.91 Å². The minimum atomic E-state index is -0.727. The zero-order chi connectivity index (χ0) is 9.14. The summed E-state index contributed by atoms with van der Waals surface area (Å²) in [5.74, 6) is -0.647. The molecule has 0 bridgehead atoms. The normalized spacial score (nSPS) is 15.4. The first-order valence-electron chi connectivity index (χ1n) is 3.92. The van der Waals surface area contributed by atoms with E-state index in [1.165, 1.54) is 6.92 Å². The molecule has 0 N–H and O–H groups in total. The maximum atomic E-state index is 10.9. The Morgan fingerprint density at radius 3 is 2.42 bits per heavy atom. The van der Waals surface area contributed by atoms with Crippen molar-refractivity contribution < 1.29 is 14.4 Å². The number of hydrogen-bond acceptors (Lipinski definition) is 3. The van der Waals surface area contributed by atoms with Gasteiger partial charge in [0.1, 0.15) is 0 Å². The van der Waals surface area contributed by atoms with Gasteiger partial charge in [-0.3, -0.25) is 19.3 Å². The molecule has 0 aromatic rings. The van der Waals surface area contributed by atoms with Crippen molar-refractivity contribution in [1.29, 1.82) is 0 Å². The first-order valence-corrected chi connectivity index (χ1v) is 3.92. The van der Waals surface area contributed by atoms with Crippen LogP contribution in [-0.2, 0) is 14.4 Å². The van der Waals surface area contributed by atoms with Gasteiger partial charge in [0.05, 0.1) is 0 Å². The van der Waals surface area contributed by atoms with Crippen molar-refractivity contribution >= 4 is 18.1 Å². The second-order valence-corrected chi connectivity index (χ2v) is 3.03. The van der Waals surface area contributed by atoms with Crippen LogP contribution in [0, 0.1) is 5.92 Å². The number of nitrogens with zero attached hydrogens (tertiary/aromatic N) is 1. The maximum Gasteiger partial charge on any atom is 0.293 e. The SMILES string of the molecule is CC(=O)N(CC1CC1)C(=O)C=O. The first kappa shape index (κ1) is 8.90. The fourth-order valence-electron chi connectivity index (χ4n) is 0.996. The summed E-state index contributed by atoms with van der Waals surface area (Å²) in [5, 5.41) is 0. The molecule has 0 aliphatic heterocycles. The Hall–Kier alpha value is -1.19. The Bertz CT molecular complexity index is 220. The van der Waals surface area contributed by atoms with Gasteiger partial charge >= 0.3 is 0 Å².